The maximum Gasteiger partial charge on any atom is 0.215 e. The largest absolute Gasteiger partial charge is 0.494 e. The number of imidazole rings is 1. The first kappa shape index (κ1) is 34.1. The number of unbranched alkanes of at least 4 members (excludes halogenated alkanes) is 2. The maximum absolute atomic E-state index is 6.32. The zero-order chi connectivity index (χ0) is 33.7. The summed E-state index contributed by atoms with van der Waals surface area (Å²) in [4.78, 5) is 4.99. The van der Waals surface area contributed by atoms with Gasteiger partial charge in [-0.05, 0) is 69.6 Å². The van der Waals surface area contributed by atoms with Crippen molar-refractivity contribution in [2.24, 2.45) is 0 Å². The summed E-state index contributed by atoms with van der Waals surface area (Å²) in [6, 6.07) is 50.2. The Morgan fingerprint density at radius 1 is 0.612 bits per heavy atom. The Bertz CT molecular complexity index is 1770. The first-order valence-corrected chi connectivity index (χ1v) is 19.9. The van der Waals surface area contributed by atoms with Gasteiger partial charge in [-0.15, -0.1) is 0 Å². The molecule has 0 fully saturated rings. The van der Waals surface area contributed by atoms with E-state index in [1.165, 1.54) is 26.7 Å². The van der Waals surface area contributed by atoms with Gasteiger partial charge in [-0.2, -0.15) is 0 Å². The quantitative estimate of drug-likeness (QED) is 0.0597. The highest BCUT2D eigenvalue weighted by Gasteiger charge is 2.41. The second-order valence-corrected chi connectivity index (χ2v) is 16.5. The Balaban J connectivity index is 1.49. The van der Waals surface area contributed by atoms with E-state index in [1.807, 2.05) is 6.20 Å². The number of benzene rings is 5. The second kappa shape index (κ2) is 17.0. The van der Waals surface area contributed by atoms with Crippen LogP contribution in [0.3, 0.4) is 0 Å². The van der Waals surface area contributed by atoms with E-state index >= 15 is 0 Å². The Hall–Kier alpha value is -4.81. The summed E-state index contributed by atoms with van der Waals surface area (Å²) in [6.45, 7) is 5.81. The molecular weight excluding hydrogens is 615 g/mol. The van der Waals surface area contributed by atoms with E-state index in [1.54, 1.807) is 0 Å². The molecule has 0 unspecified atom stereocenters. The third-order valence-corrected chi connectivity index (χ3v) is 14.0. The van der Waals surface area contributed by atoms with E-state index in [9.17, 15) is 0 Å². The van der Waals surface area contributed by atoms with Crippen molar-refractivity contribution in [3.05, 3.63) is 163 Å². The highest BCUT2D eigenvalue weighted by Crippen LogP contribution is 2.24. The summed E-state index contributed by atoms with van der Waals surface area (Å²) in [5.41, 5.74) is 3.43. The Morgan fingerprint density at radius 2 is 1.10 bits per heavy atom. The number of rotatable bonds is 17. The van der Waals surface area contributed by atoms with Crippen molar-refractivity contribution in [1.29, 1.82) is 0 Å². The Labute approximate surface area is 294 Å². The van der Waals surface area contributed by atoms with E-state index in [2.05, 4.69) is 171 Å². The molecule has 0 aliphatic rings. The first-order chi connectivity index (χ1) is 24.2. The monoisotopic (exact) mass is 661 g/mol. The number of hydrogen-bond acceptors (Lipinski definition) is 3. The summed E-state index contributed by atoms with van der Waals surface area (Å²) >= 11 is 0. The lowest BCUT2D eigenvalue weighted by molar-refractivity contribution is 0.309. The molecule has 0 saturated heterocycles. The molecule has 0 spiro atoms. The normalized spacial score (nSPS) is 11.4. The lowest BCUT2D eigenvalue weighted by Crippen LogP contribution is -2.70. The van der Waals surface area contributed by atoms with Gasteiger partial charge in [-0.25, -0.2) is 0 Å². The van der Waals surface area contributed by atoms with E-state index in [4.69, 9.17) is 14.5 Å². The van der Waals surface area contributed by atoms with Crippen LogP contribution in [-0.2, 0) is 6.17 Å². The van der Waals surface area contributed by atoms with Gasteiger partial charge in [0.2, 0.25) is 7.28 Å². The maximum atomic E-state index is 6.32. The molecule has 0 saturated carbocycles. The van der Waals surface area contributed by atoms with E-state index in [-0.39, 0.29) is 5.82 Å². The van der Waals surface area contributed by atoms with Crippen LogP contribution in [0.15, 0.2) is 152 Å². The van der Waals surface area contributed by atoms with Gasteiger partial charge in [-0.1, -0.05) is 142 Å². The van der Waals surface area contributed by atoms with Crippen molar-refractivity contribution in [1.82, 2.24) is 9.55 Å². The molecule has 0 aliphatic heterocycles. The Morgan fingerprint density at radius 3 is 1.61 bits per heavy atom. The summed E-state index contributed by atoms with van der Waals surface area (Å²) in [7, 11) is -0.461. The van der Waals surface area contributed by atoms with Crippen LogP contribution in [0.4, 0.5) is 0 Å². The van der Waals surface area contributed by atoms with Crippen molar-refractivity contribution in [2.75, 3.05) is 13.2 Å². The topological polar surface area (TPSA) is 36.3 Å². The molecule has 6 aromatic rings. The average molecular weight is 662 g/mol. The standard InChI is InChI=1S/C43H46BN2O2Si/c1-3-5-30-47-37-22-16-26-40(32-37)49(39-24-14-9-15-25-39,41-27-17-23-38(33-41)48-31-6-4-2)34-46-29-28-45-43(46)44-42(35-18-10-7-11-19-35)36-20-12-8-13-21-36/h7-29,32-33,42H,3-6,30-31,34H2,1-2H3. The zero-order valence-electron chi connectivity index (χ0n) is 28.7. The van der Waals surface area contributed by atoms with Gasteiger partial charge < -0.3 is 14.0 Å². The van der Waals surface area contributed by atoms with Gasteiger partial charge in [0.05, 0.1) is 18.9 Å². The van der Waals surface area contributed by atoms with Crippen molar-refractivity contribution in [3.63, 3.8) is 0 Å². The van der Waals surface area contributed by atoms with E-state index < -0.39 is 8.07 Å². The fourth-order valence-corrected chi connectivity index (χ4v) is 11.2. The molecule has 1 radical (unpaired) electrons. The fraction of sp³-hybridized carbons (Fsp3) is 0.233. The predicted molar refractivity (Wildman–Crippen MR) is 207 cm³/mol. The van der Waals surface area contributed by atoms with Crippen LogP contribution in [0.5, 0.6) is 11.5 Å². The van der Waals surface area contributed by atoms with Gasteiger partial charge in [0.25, 0.3) is 0 Å². The third-order valence-electron chi connectivity index (χ3n) is 9.24. The van der Waals surface area contributed by atoms with E-state index in [0.29, 0.717) is 13.2 Å². The number of nitrogens with zero attached hydrogens (tertiary/aromatic N) is 2. The van der Waals surface area contributed by atoms with Gasteiger partial charge in [0.1, 0.15) is 11.5 Å². The van der Waals surface area contributed by atoms with Crippen LogP contribution in [0, 0.1) is 0 Å². The average Bonchev–Trinajstić information content (AvgIpc) is 3.60. The number of aromatic nitrogens is 2. The smallest absolute Gasteiger partial charge is 0.215 e. The molecule has 0 amide bonds. The summed E-state index contributed by atoms with van der Waals surface area (Å²) < 4.78 is 15.0. The van der Waals surface area contributed by atoms with Gasteiger partial charge in [0.15, 0.2) is 8.07 Å². The van der Waals surface area contributed by atoms with Crippen LogP contribution in [0.2, 0.25) is 0 Å². The van der Waals surface area contributed by atoms with E-state index in [0.717, 1.165) is 49.1 Å². The number of ether oxygens (including phenoxy) is 2. The second-order valence-electron chi connectivity index (χ2n) is 12.6. The SMILES string of the molecule is CCCCOc1cccc([Si](Cn2ccnc2[B]C(c2ccccc2)c2ccccc2)(c2ccccc2)c2cccc(OCCCC)c2)c1. The van der Waals surface area contributed by atoms with Crippen molar-refractivity contribution >= 4 is 36.6 Å². The Kier molecular flexibility index (Phi) is 11.8. The molecule has 0 N–H and O–H groups in total. The molecule has 6 heteroatoms. The van der Waals surface area contributed by atoms with Crippen LogP contribution < -0.4 is 30.8 Å². The van der Waals surface area contributed by atoms with Gasteiger partial charge >= 0.3 is 0 Å². The predicted octanol–water partition coefficient (Wildman–Crippen LogP) is 7.07. The summed E-state index contributed by atoms with van der Waals surface area (Å²) in [5, 5.41) is 3.91. The third kappa shape index (κ3) is 8.26. The van der Waals surface area contributed by atoms with Crippen LogP contribution in [-0.4, -0.2) is 38.1 Å². The highest BCUT2D eigenvalue weighted by molar-refractivity contribution is 7.10. The highest BCUT2D eigenvalue weighted by atomic mass is 28.3. The molecule has 247 valence electrons. The van der Waals surface area contributed by atoms with Gasteiger partial charge in [0, 0.05) is 18.6 Å². The molecule has 4 nitrogen and oxygen atoms in total. The summed E-state index contributed by atoms with van der Waals surface area (Å²) in [6.07, 6.45) is 9.10. The minimum absolute atomic E-state index is 0.0573. The first-order valence-electron chi connectivity index (χ1n) is 17.7. The zero-order valence-corrected chi connectivity index (χ0v) is 29.7. The molecule has 0 aliphatic carbocycles. The molecule has 1 heterocycles. The van der Waals surface area contributed by atoms with Crippen molar-refractivity contribution in [2.45, 2.75) is 51.5 Å². The molecular formula is C43H46BN2O2Si. The van der Waals surface area contributed by atoms with Crippen LogP contribution in [0.1, 0.15) is 56.5 Å². The van der Waals surface area contributed by atoms with Crippen molar-refractivity contribution < 1.29 is 9.47 Å². The molecule has 49 heavy (non-hydrogen) atoms. The van der Waals surface area contributed by atoms with Crippen molar-refractivity contribution in [3.8, 4) is 11.5 Å². The van der Waals surface area contributed by atoms with Crippen LogP contribution in [0.25, 0.3) is 0 Å². The molecule has 0 bridgehead atoms. The lowest BCUT2D eigenvalue weighted by Gasteiger charge is -2.35. The summed E-state index contributed by atoms with van der Waals surface area (Å²) in [5.74, 6) is 1.89. The molecule has 6 rings (SSSR count). The molecule has 0 atom stereocenters. The van der Waals surface area contributed by atoms with Crippen LogP contribution >= 0.6 is 0 Å². The molecule has 1 aromatic heterocycles. The molecule has 5 aromatic carbocycles. The minimum Gasteiger partial charge on any atom is -0.494 e. The minimum atomic E-state index is -2.78. The lowest BCUT2D eigenvalue weighted by atomic mass is 9.58. The number of hydrogen-bond donors (Lipinski definition) is 0. The fourth-order valence-electron chi connectivity index (χ4n) is 6.59. The van der Waals surface area contributed by atoms with Gasteiger partial charge in [-0.3, -0.25) is 4.98 Å².